The molecule has 1 nitrogen and oxygen atoms in total. The Morgan fingerprint density at radius 3 is 2.93 bits per heavy atom. The first-order valence-corrected chi connectivity index (χ1v) is 6.48. The average Bonchev–Trinajstić information content (AvgIpc) is 2.67. The van der Waals surface area contributed by atoms with Gasteiger partial charge in [-0.3, -0.25) is 0 Å². The molecule has 0 unspecified atom stereocenters. The molecular weight excluding hydrogens is 190 g/mol. The van der Waals surface area contributed by atoms with Crippen molar-refractivity contribution in [1.29, 1.82) is 0 Å². The minimum absolute atomic E-state index is 0.882. The van der Waals surface area contributed by atoms with Crippen molar-refractivity contribution in [2.75, 3.05) is 13.1 Å². The highest BCUT2D eigenvalue weighted by atomic mass is 32.1. The van der Waals surface area contributed by atoms with Gasteiger partial charge in [0.2, 0.25) is 0 Å². The van der Waals surface area contributed by atoms with Crippen LogP contribution in [0.1, 0.15) is 29.5 Å². The fourth-order valence-electron chi connectivity index (χ4n) is 2.10. The molecule has 2 rings (SSSR count). The molecule has 78 valence electrons. The summed E-state index contributed by atoms with van der Waals surface area (Å²) in [6.07, 6.45) is 5.24. The number of rotatable bonds is 3. The maximum Gasteiger partial charge on any atom is 0.00514 e. The van der Waals surface area contributed by atoms with Crippen molar-refractivity contribution in [1.82, 2.24) is 5.32 Å². The second-order valence-electron chi connectivity index (χ2n) is 4.14. The number of thiophene rings is 1. The Bertz CT molecular complexity index is 274. The van der Waals surface area contributed by atoms with Gasteiger partial charge in [0.1, 0.15) is 0 Å². The summed E-state index contributed by atoms with van der Waals surface area (Å²) >= 11 is 2.00. The molecule has 0 aliphatic carbocycles. The Hall–Kier alpha value is -0.340. The fraction of sp³-hybridized carbons (Fsp3) is 0.667. The molecule has 1 fully saturated rings. The monoisotopic (exact) mass is 209 g/mol. The first-order chi connectivity index (χ1) is 6.88. The van der Waals surface area contributed by atoms with Crippen LogP contribution in [-0.2, 0) is 12.8 Å². The molecule has 0 saturated carbocycles. The maximum absolute atomic E-state index is 3.48. The molecule has 1 atom stereocenters. The summed E-state index contributed by atoms with van der Waals surface area (Å²) in [7, 11) is 0. The van der Waals surface area contributed by atoms with E-state index in [9.17, 15) is 0 Å². The predicted molar refractivity (Wildman–Crippen MR) is 63.0 cm³/mol. The van der Waals surface area contributed by atoms with E-state index in [1.165, 1.54) is 43.6 Å². The van der Waals surface area contributed by atoms with Crippen molar-refractivity contribution in [3.63, 3.8) is 0 Å². The van der Waals surface area contributed by atoms with Crippen LogP contribution in [0.5, 0.6) is 0 Å². The first-order valence-electron chi connectivity index (χ1n) is 5.66. The van der Waals surface area contributed by atoms with Crippen molar-refractivity contribution < 1.29 is 0 Å². The second kappa shape index (κ2) is 4.94. The topological polar surface area (TPSA) is 12.0 Å². The van der Waals surface area contributed by atoms with E-state index in [0.717, 1.165) is 5.92 Å². The molecule has 0 radical (unpaired) electrons. The fourth-order valence-corrected chi connectivity index (χ4v) is 3.18. The number of aryl methyl sites for hydroxylation is 1. The van der Waals surface area contributed by atoms with Gasteiger partial charge in [0, 0.05) is 9.75 Å². The predicted octanol–water partition coefficient (Wildman–Crippen LogP) is 2.85. The Morgan fingerprint density at radius 1 is 1.43 bits per heavy atom. The quantitative estimate of drug-likeness (QED) is 0.807. The Labute approximate surface area is 90.5 Å². The van der Waals surface area contributed by atoms with Gasteiger partial charge in [-0.2, -0.15) is 0 Å². The smallest absolute Gasteiger partial charge is 0.00514 e. The van der Waals surface area contributed by atoms with Crippen molar-refractivity contribution in [3.05, 3.63) is 21.9 Å². The molecule has 1 N–H and O–H groups in total. The zero-order chi connectivity index (χ0) is 9.80. The second-order valence-corrected chi connectivity index (χ2v) is 5.39. The van der Waals surface area contributed by atoms with E-state index in [1.54, 1.807) is 4.88 Å². The lowest BCUT2D eigenvalue weighted by Crippen LogP contribution is -2.30. The number of hydrogen-bond donors (Lipinski definition) is 1. The molecule has 1 aromatic heterocycles. The molecule has 1 aliphatic heterocycles. The van der Waals surface area contributed by atoms with Crippen LogP contribution in [0.3, 0.4) is 0 Å². The summed E-state index contributed by atoms with van der Waals surface area (Å²) in [5.74, 6) is 0.882. The highest BCUT2D eigenvalue weighted by Gasteiger charge is 2.14. The first kappa shape index (κ1) is 10.2. The van der Waals surface area contributed by atoms with Gasteiger partial charge >= 0.3 is 0 Å². The lowest BCUT2D eigenvalue weighted by molar-refractivity contribution is 0.378. The van der Waals surface area contributed by atoms with Crippen LogP contribution >= 0.6 is 11.3 Å². The third-order valence-corrected chi connectivity index (χ3v) is 4.21. The molecule has 14 heavy (non-hydrogen) atoms. The average molecular weight is 209 g/mol. The van der Waals surface area contributed by atoms with Gasteiger partial charge in [-0.15, -0.1) is 11.3 Å². The third-order valence-electron chi connectivity index (χ3n) is 2.95. The molecule has 1 saturated heterocycles. The largest absolute Gasteiger partial charge is 0.316 e. The van der Waals surface area contributed by atoms with Crippen molar-refractivity contribution in [3.8, 4) is 0 Å². The molecular formula is C12H19NS. The molecule has 0 aromatic carbocycles. The Balaban J connectivity index is 1.89. The van der Waals surface area contributed by atoms with Crippen LogP contribution in [0, 0.1) is 5.92 Å². The van der Waals surface area contributed by atoms with Crippen LogP contribution < -0.4 is 5.32 Å². The normalized spacial score (nSPS) is 22.5. The van der Waals surface area contributed by atoms with Gasteiger partial charge in [-0.1, -0.05) is 6.92 Å². The van der Waals surface area contributed by atoms with Crippen LogP contribution in [0.2, 0.25) is 0 Å². The molecule has 2 heteroatoms. The third kappa shape index (κ3) is 2.58. The van der Waals surface area contributed by atoms with Gasteiger partial charge in [0.05, 0.1) is 0 Å². The zero-order valence-corrected chi connectivity index (χ0v) is 9.70. The van der Waals surface area contributed by atoms with Crippen molar-refractivity contribution >= 4 is 11.3 Å². The summed E-state index contributed by atoms with van der Waals surface area (Å²) in [6.45, 7) is 4.68. The number of nitrogens with one attached hydrogen (secondary N) is 1. The van der Waals surface area contributed by atoms with Crippen LogP contribution in [0.15, 0.2) is 12.1 Å². The van der Waals surface area contributed by atoms with Gasteiger partial charge in [0.25, 0.3) is 0 Å². The van der Waals surface area contributed by atoms with E-state index in [-0.39, 0.29) is 0 Å². The number of piperidine rings is 1. The Morgan fingerprint density at radius 2 is 2.29 bits per heavy atom. The van der Waals surface area contributed by atoms with E-state index < -0.39 is 0 Å². The maximum atomic E-state index is 3.48. The molecule has 0 bridgehead atoms. The molecule has 1 aromatic rings. The zero-order valence-electron chi connectivity index (χ0n) is 8.88. The highest BCUT2D eigenvalue weighted by Crippen LogP contribution is 2.23. The minimum atomic E-state index is 0.882. The molecule has 1 aliphatic rings. The highest BCUT2D eigenvalue weighted by molar-refractivity contribution is 7.11. The van der Waals surface area contributed by atoms with E-state index in [2.05, 4.69) is 24.4 Å². The molecule has 0 spiro atoms. The summed E-state index contributed by atoms with van der Waals surface area (Å²) in [4.78, 5) is 3.11. The van der Waals surface area contributed by atoms with Gasteiger partial charge < -0.3 is 5.32 Å². The SMILES string of the molecule is CCc1ccc(C[C@H]2CCCNC2)s1. The lowest BCUT2D eigenvalue weighted by Gasteiger charge is -2.21. The van der Waals surface area contributed by atoms with Gasteiger partial charge in [-0.25, -0.2) is 0 Å². The number of hydrogen-bond acceptors (Lipinski definition) is 2. The lowest BCUT2D eigenvalue weighted by atomic mass is 9.96. The van der Waals surface area contributed by atoms with E-state index in [4.69, 9.17) is 0 Å². The Kier molecular flexibility index (Phi) is 3.60. The van der Waals surface area contributed by atoms with E-state index >= 15 is 0 Å². The van der Waals surface area contributed by atoms with E-state index in [1.807, 2.05) is 11.3 Å². The van der Waals surface area contributed by atoms with Crippen molar-refractivity contribution in [2.45, 2.75) is 32.6 Å². The van der Waals surface area contributed by atoms with Crippen molar-refractivity contribution in [2.24, 2.45) is 5.92 Å². The standard InChI is InChI=1S/C12H19NS/c1-2-11-5-6-12(14-11)8-10-4-3-7-13-9-10/h5-6,10,13H,2-4,7-9H2,1H3/t10-/m1/s1. The van der Waals surface area contributed by atoms with Gasteiger partial charge in [0.15, 0.2) is 0 Å². The summed E-state index contributed by atoms with van der Waals surface area (Å²) in [5, 5.41) is 3.48. The molecule has 0 amide bonds. The minimum Gasteiger partial charge on any atom is -0.316 e. The summed E-state index contributed by atoms with van der Waals surface area (Å²) < 4.78 is 0. The summed E-state index contributed by atoms with van der Waals surface area (Å²) in [6, 6.07) is 4.61. The van der Waals surface area contributed by atoms with Crippen LogP contribution in [0.25, 0.3) is 0 Å². The summed E-state index contributed by atoms with van der Waals surface area (Å²) in [5.41, 5.74) is 0. The molecule has 2 heterocycles. The van der Waals surface area contributed by atoms with E-state index in [0.29, 0.717) is 0 Å². The van der Waals surface area contributed by atoms with Crippen LogP contribution in [0.4, 0.5) is 0 Å². The van der Waals surface area contributed by atoms with Gasteiger partial charge in [-0.05, 0) is 56.8 Å². The van der Waals surface area contributed by atoms with Crippen LogP contribution in [-0.4, -0.2) is 13.1 Å².